The van der Waals surface area contributed by atoms with Crippen LogP contribution in [-0.2, 0) is 36.8 Å². The number of hydrogen-bond acceptors (Lipinski definition) is 10. The van der Waals surface area contributed by atoms with Crippen molar-refractivity contribution in [1.82, 2.24) is 4.72 Å². The summed E-state index contributed by atoms with van der Waals surface area (Å²) in [4.78, 5) is 15.6. The fraction of sp³-hybridized carbons (Fsp3) is 0.200. The van der Waals surface area contributed by atoms with Crippen LogP contribution in [0.1, 0.15) is 63.2 Å². The molecule has 0 bridgehead atoms. The Kier molecular flexibility index (Phi) is 13.5. The highest BCUT2D eigenvalue weighted by atomic mass is 32.2. The van der Waals surface area contributed by atoms with Crippen molar-refractivity contribution in [1.29, 1.82) is 0 Å². The van der Waals surface area contributed by atoms with E-state index in [9.17, 15) is 39.2 Å². The molecule has 1 amide bonds. The quantitative estimate of drug-likeness (QED) is 0.0624. The number of carbonyl (C=O) groups is 1. The van der Waals surface area contributed by atoms with Gasteiger partial charge < -0.3 is 4.90 Å². The maximum absolute atomic E-state index is 13.0. The molecule has 12 nitrogen and oxygen atoms in total. The number of hydrogen-bond donors (Lipinski definition) is 3. The lowest BCUT2D eigenvalue weighted by atomic mass is 10.1. The number of benzene rings is 5. The van der Waals surface area contributed by atoms with Crippen LogP contribution in [0.5, 0.6) is 0 Å². The van der Waals surface area contributed by atoms with Crippen molar-refractivity contribution >= 4 is 81.2 Å². The maximum atomic E-state index is 13.0. The van der Waals surface area contributed by atoms with Crippen LogP contribution in [0.2, 0.25) is 0 Å². The maximum Gasteiger partial charge on any atom is 0.272 e. The second-order valence-corrected chi connectivity index (χ2v) is 21.8. The van der Waals surface area contributed by atoms with Gasteiger partial charge >= 0.3 is 0 Å². The van der Waals surface area contributed by atoms with Gasteiger partial charge in [-0.25, -0.2) is 13.1 Å². The van der Waals surface area contributed by atoms with E-state index in [1.165, 1.54) is 29.2 Å². The topological polar surface area (TPSA) is 179 Å². The number of sulfonamides is 1. The average Bonchev–Trinajstić information content (AvgIpc) is 3.75. The first-order valence-corrected chi connectivity index (χ1v) is 26.1. The number of allylic oxidation sites excluding steroid dienone is 2. The molecule has 0 spiro atoms. The molecule has 2 atom stereocenters. The van der Waals surface area contributed by atoms with Crippen LogP contribution in [0.25, 0.3) is 27.4 Å². The van der Waals surface area contributed by atoms with Crippen molar-refractivity contribution in [2.45, 2.75) is 48.1 Å². The Morgan fingerprint density at radius 2 is 1.35 bits per heavy atom. The molecule has 7 rings (SSSR count). The number of thioether (sulfide) groups is 1. The molecule has 2 unspecified atom stereocenters. The summed E-state index contributed by atoms with van der Waals surface area (Å²) in [5, 5.41) is -0.895. The first kappa shape index (κ1) is 44.9. The Morgan fingerprint density at radius 1 is 0.758 bits per heavy atom. The van der Waals surface area contributed by atoms with Gasteiger partial charge in [0.25, 0.3) is 31.2 Å². The van der Waals surface area contributed by atoms with Crippen LogP contribution in [0.4, 0.5) is 5.69 Å². The zero-order valence-corrected chi connectivity index (χ0v) is 37.7. The molecule has 2 heterocycles. The number of amides is 1. The Morgan fingerprint density at radius 3 is 1.94 bits per heavy atom. The van der Waals surface area contributed by atoms with Crippen molar-refractivity contribution in [3.63, 3.8) is 0 Å². The van der Waals surface area contributed by atoms with Gasteiger partial charge in [0.1, 0.15) is 15.2 Å². The molecule has 62 heavy (non-hydrogen) atoms. The number of nitrogens with zero attached hydrogens (tertiary/aromatic N) is 2. The van der Waals surface area contributed by atoms with Gasteiger partial charge in [0.05, 0.1) is 17.0 Å². The summed E-state index contributed by atoms with van der Waals surface area (Å²) in [6.45, 7) is 2.34. The highest BCUT2D eigenvalue weighted by Gasteiger charge is 2.32. The molecule has 0 aliphatic carbocycles. The Labute approximate surface area is 370 Å². The molecule has 6 aromatic rings. The van der Waals surface area contributed by atoms with E-state index in [1.807, 2.05) is 71.2 Å². The van der Waals surface area contributed by atoms with Gasteiger partial charge in [-0.05, 0) is 71.0 Å². The molecule has 0 saturated heterocycles. The third-order valence-corrected chi connectivity index (χ3v) is 15.7. The highest BCUT2D eigenvalue weighted by Crippen LogP contribution is 2.48. The Bertz CT molecular complexity index is 3010. The molecular formula is C45H44N3O9S5+. The van der Waals surface area contributed by atoms with Gasteiger partial charge in [-0.3, -0.25) is 13.9 Å². The summed E-state index contributed by atoms with van der Waals surface area (Å²) in [5.74, 6) is -0.819. The minimum atomic E-state index is -4.54. The van der Waals surface area contributed by atoms with E-state index in [0.717, 1.165) is 43.1 Å². The predicted molar refractivity (Wildman–Crippen MR) is 246 cm³/mol. The first-order chi connectivity index (χ1) is 29.5. The van der Waals surface area contributed by atoms with Gasteiger partial charge in [0.15, 0.2) is 6.54 Å². The van der Waals surface area contributed by atoms with E-state index in [-0.39, 0.29) is 31.5 Å². The largest absolute Gasteiger partial charge is 0.335 e. The molecular weight excluding hydrogens is 887 g/mol. The van der Waals surface area contributed by atoms with Crippen LogP contribution in [0.15, 0.2) is 149 Å². The summed E-state index contributed by atoms with van der Waals surface area (Å²) in [6.07, 6.45) is 5.50. The number of thiazole rings is 1. The Balaban J connectivity index is 1.31. The van der Waals surface area contributed by atoms with Crippen LogP contribution < -0.4 is 14.2 Å². The number of fused-ring (bicyclic) bond motifs is 2. The van der Waals surface area contributed by atoms with Crippen LogP contribution in [-0.4, -0.2) is 53.1 Å². The standard InChI is InChI=1S/C45H43N3O9S5/c1-3-31(27-43-47(25-23-41(61(52,53)54)33-15-9-5-10-16-33)37-29-35(19-21-39(37)58-43)32-13-7-4-8-14-32)28-44-48(26-24-42(62(55,56)57)34-17-11-6-12-18-34)38-30-36(20-22-40(38)59-44)45(49)46-60(2,50)51/h4-22,27-30,41-42H,3,23-26H2,1-2H3,(H2-,46,49,52,53,54,55,56,57)/p+1. The fourth-order valence-electron chi connectivity index (χ4n) is 7.42. The third kappa shape index (κ3) is 10.7. The molecule has 1 aliphatic rings. The number of aromatic nitrogens is 1. The number of anilines is 1. The third-order valence-electron chi connectivity index (χ3n) is 10.4. The molecule has 322 valence electrons. The van der Waals surface area contributed by atoms with E-state index >= 15 is 0 Å². The van der Waals surface area contributed by atoms with Crippen LogP contribution in [0, 0.1) is 0 Å². The normalized spacial score (nSPS) is 15.1. The minimum absolute atomic E-state index is 0.0263. The van der Waals surface area contributed by atoms with Crippen molar-refractivity contribution in [2.75, 3.05) is 17.7 Å². The number of rotatable bonds is 16. The van der Waals surface area contributed by atoms with Crippen molar-refractivity contribution in [2.24, 2.45) is 0 Å². The molecule has 0 radical (unpaired) electrons. The minimum Gasteiger partial charge on any atom is -0.335 e. The van der Waals surface area contributed by atoms with Gasteiger partial charge in [-0.15, -0.1) is 0 Å². The van der Waals surface area contributed by atoms with Crippen LogP contribution in [0.3, 0.4) is 0 Å². The summed E-state index contributed by atoms with van der Waals surface area (Å²) >= 11 is 2.93. The zero-order valence-electron chi connectivity index (χ0n) is 33.7. The SMILES string of the molecule is CCC(=Cc1sc2ccc(-c3ccccc3)cc2[n+]1CCC(c1ccccc1)S(=O)(=O)O)C=C1Sc2ccc(C(=O)NS(C)(=O)=O)cc2N1CCC(c1ccccc1)S(=O)(=O)O. The molecule has 17 heteroatoms. The average molecular weight is 931 g/mol. The fourth-order valence-corrected chi connectivity index (χ4v) is 12.0. The van der Waals surface area contributed by atoms with Gasteiger partial charge in [0.2, 0.25) is 15.5 Å². The highest BCUT2D eigenvalue weighted by molar-refractivity contribution is 8.03. The molecule has 5 aromatic carbocycles. The van der Waals surface area contributed by atoms with E-state index in [2.05, 4.69) is 10.6 Å². The van der Waals surface area contributed by atoms with Crippen LogP contribution >= 0.6 is 23.1 Å². The monoisotopic (exact) mass is 930 g/mol. The van der Waals surface area contributed by atoms with E-state index < -0.39 is 46.7 Å². The summed E-state index contributed by atoms with van der Waals surface area (Å²) in [7, 11) is -12.9. The molecule has 0 saturated carbocycles. The van der Waals surface area contributed by atoms with Crippen molar-refractivity contribution < 1.29 is 43.7 Å². The first-order valence-electron chi connectivity index (χ1n) is 19.6. The lowest BCUT2D eigenvalue weighted by Gasteiger charge is -2.24. The molecule has 3 N–H and O–H groups in total. The molecule has 0 fully saturated rings. The van der Waals surface area contributed by atoms with Gasteiger partial charge in [-0.2, -0.15) is 21.4 Å². The number of aryl methyl sites for hydroxylation is 1. The van der Waals surface area contributed by atoms with Gasteiger partial charge in [0, 0.05) is 35.6 Å². The number of carbonyl (C=O) groups excluding carboxylic acids is 1. The second-order valence-electron chi connectivity index (χ2n) is 14.7. The smallest absolute Gasteiger partial charge is 0.272 e. The van der Waals surface area contributed by atoms with Gasteiger partial charge in [-0.1, -0.05) is 127 Å². The van der Waals surface area contributed by atoms with Crippen molar-refractivity contribution in [3.05, 3.63) is 166 Å². The molecule has 1 aliphatic heterocycles. The summed E-state index contributed by atoms with van der Waals surface area (Å²) in [6, 6.07) is 37.9. The molecule has 1 aromatic heterocycles. The lowest BCUT2D eigenvalue weighted by molar-refractivity contribution is -0.669. The summed E-state index contributed by atoms with van der Waals surface area (Å²) in [5.41, 5.74) is 5.28. The number of nitrogens with one attached hydrogen (secondary N) is 1. The Hall–Kier alpha value is -5.14. The lowest BCUT2D eigenvalue weighted by Crippen LogP contribution is -2.36. The second kappa shape index (κ2) is 18.7. The van der Waals surface area contributed by atoms with Crippen molar-refractivity contribution in [3.8, 4) is 11.1 Å². The predicted octanol–water partition coefficient (Wildman–Crippen LogP) is 8.83. The van der Waals surface area contributed by atoms with E-state index in [4.69, 9.17) is 0 Å². The van der Waals surface area contributed by atoms with E-state index in [1.54, 1.807) is 72.8 Å². The summed E-state index contributed by atoms with van der Waals surface area (Å²) < 4.78 is 101. The van der Waals surface area contributed by atoms with E-state index in [0.29, 0.717) is 28.3 Å². The zero-order chi connectivity index (χ0) is 44.2.